The number of ether oxygens (including phenoxy) is 1. The summed E-state index contributed by atoms with van der Waals surface area (Å²) in [6.07, 6.45) is 5.04. The minimum absolute atomic E-state index is 0.756. The SMILES string of the molecule is CCCCCNN1CCCOC1. The molecule has 0 radical (unpaired) electrons. The van der Waals surface area contributed by atoms with E-state index in [1.54, 1.807) is 0 Å². The van der Waals surface area contributed by atoms with Crippen LogP contribution < -0.4 is 5.43 Å². The highest BCUT2D eigenvalue weighted by molar-refractivity contribution is 4.53. The molecular weight excluding hydrogens is 152 g/mol. The Balaban J connectivity index is 1.91. The Morgan fingerprint density at radius 3 is 3.00 bits per heavy atom. The number of hydrogen-bond acceptors (Lipinski definition) is 3. The van der Waals surface area contributed by atoms with Crippen molar-refractivity contribution >= 4 is 0 Å². The van der Waals surface area contributed by atoms with Gasteiger partial charge in [0.1, 0.15) is 6.73 Å². The number of hydrazine groups is 1. The molecule has 72 valence electrons. The second-order valence-corrected chi connectivity index (χ2v) is 3.27. The van der Waals surface area contributed by atoms with Gasteiger partial charge in [-0.05, 0) is 12.8 Å². The van der Waals surface area contributed by atoms with Crippen LogP contribution in [-0.4, -0.2) is 31.4 Å². The van der Waals surface area contributed by atoms with Crippen LogP contribution in [0.2, 0.25) is 0 Å². The molecule has 0 saturated carbocycles. The van der Waals surface area contributed by atoms with Crippen LogP contribution >= 0.6 is 0 Å². The highest BCUT2D eigenvalue weighted by atomic mass is 16.5. The van der Waals surface area contributed by atoms with Crippen molar-refractivity contribution < 1.29 is 4.74 Å². The summed E-state index contributed by atoms with van der Waals surface area (Å²) in [4.78, 5) is 0. The molecule has 1 rings (SSSR count). The van der Waals surface area contributed by atoms with Crippen LogP contribution in [0, 0.1) is 0 Å². The van der Waals surface area contributed by atoms with Crippen LogP contribution in [0.1, 0.15) is 32.6 Å². The normalized spacial score (nSPS) is 19.8. The lowest BCUT2D eigenvalue weighted by molar-refractivity contribution is -0.0414. The van der Waals surface area contributed by atoms with E-state index in [-0.39, 0.29) is 0 Å². The third kappa shape index (κ3) is 4.04. The first kappa shape index (κ1) is 9.96. The summed E-state index contributed by atoms with van der Waals surface area (Å²) in [5.74, 6) is 0. The molecule has 0 amide bonds. The molecule has 3 nitrogen and oxygen atoms in total. The summed E-state index contributed by atoms with van der Waals surface area (Å²) in [7, 11) is 0. The van der Waals surface area contributed by atoms with Gasteiger partial charge < -0.3 is 4.74 Å². The van der Waals surface area contributed by atoms with Crippen molar-refractivity contribution in [3.05, 3.63) is 0 Å². The van der Waals surface area contributed by atoms with E-state index in [4.69, 9.17) is 4.74 Å². The molecule has 3 heteroatoms. The zero-order valence-electron chi connectivity index (χ0n) is 8.01. The van der Waals surface area contributed by atoms with E-state index in [2.05, 4.69) is 17.4 Å². The van der Waals surface area contributed by atoms with Crippen molar-refractivity contribution in [1.29, 1.82) is 0 Å². The summed E-state index contributed by atoms with van der Waals surface area (Å²) in [5.41, 5.74) is 3.36. The molecular formula is C9H20N2O. The molecule has 0 aliphatic carbocycles. The van der Waals surface area contributed by atoms with E-state index in [1.807, 2.05) is 0 Å². The van der Waals surface area contributed by atoms with Crippen molar-refractivity contribution in [3.63, 3.8) is 0 Å². The fourth-order valence-corrected chi connectivity index (χ4v) is 1.33. The second kappa shape index (κ2) is 6.40. The number of rotatable bonds is 5. The average molecular weight is 172 g/mol. The third-order valence-electron chi connectivity index (χ3n) is 2.08. The first-order valence-corrected chi connectivity index (χ1v) is 4.99. The van der Waals surface area contributed by atoms with Crippen LogP contribution in [0.5, 0.6) is 0 Å². The van der Waals surface area contributed by atoms with Crippen LogP contribution in [0.4, 0.5) is 0 Å². The standard InChI is InChI=1S/C9H20N2O/c1-2-3-4-6-10-11-7-5-8-12-9-11/h10H,2-9H2,1H3. The van der Waals surface area contributed by atoms with Crippen molar-refractivity contribution in [2.75, 3.05) is 26.4 Å². The first-order chi connectivity index (χ1) is 5.93. The van der Waals surface area contributed by atoms with Crippen molar-refractivity contribution in [2.24, 2.45) is 0 Å². The predicted octanol–water partition coefficient (Wildman–Crippen LogP) is 1.36. The molecule has 0 unspecified atom stereocenters. The van der Waals surface area contributed by atoms with Crippen molar-refractivity contribution in [3.8, 4) is 0 Å². The Bertz CT molecular complexity index is 103. The van der Waals surface area contributed by atoms with E-state index in [1.165, 1.54) is 19.3 Å². The van der Waals surface area contributed by atoms with Crippen LogP contribution in [-0.2, 0) is 4.74 Å². The molecule has 1 aliphatic rings. The van der Waals surface area contributed by atoms with Gasteiger partial charge in [-0.25, -0.2) is 5.01 Å². The summed E-state index contributed by atoms with van der Waals surface area (Å²) in [5, 5.41) is 2.17. The summed E-state index contributed by atoms with van der Waals surface area (Å²) >= 11 is 0. The molecule has 0 aromatic carbocycles. The van der Waals surface area contributed by atoms with Gasteiger partial charge in [-0.1, -0.05) is 19.8 Å². The van der Waals surface area contributed by atoms with Crippen LogP contribution in [0.25, 0.3) is 0 Å². The van der Waals surface area contributed by atoms with Gasteiger partial charge in [0.25, 0.3) is 0 Å². The number of unbranched alkanes of at least 4 members (excludes halogenated alkanes) is 2. The number of nitrogens with zero attached hydrogens (tertiary/aromatic N) is 1. The van der Waals surface area contributed by atoms with Gasteiger partial charge >= 0.3 is 0 Å². The van der Waals surface area contributed by atoms with Gasteiger partial charge in [-0.2, -0.15) is 0 Å². The molecule has 0 bridgehead atoms. The Morgan fingerprint density at radius 2 is 2.33 bits per heavy atom. The minimum atomic E-state index is 0.756. The molecule has 1 heterocycles. The minimum Gasteiger partial charge on any atom is -0.365 e. The zero-order valence-corrected chi connectivity index (χ0v) is 8.01. The lowest BCUT2D eigenvalue weighted by Crippen LogP contribution is -2.43. The van der Waals surface area contributed by atoms with E-state index in [0.717, 1.165) is 32.8 Å². The third-order valence-corrected chi connectivity index (χ3v) is 2.08. The smallest absolute Gasteiger partial charge is 0.112 e. The molecule has 12 heavy (non-hydrogen) atoms. The summed E-state index contributed by atoms with van der Waals surface area (Å²) < 4.78 is 5.30. The van der Waals surface area contributed by atoms with Gasteiger partial charge in [-0.3, -0.25) is 5.43 Å². The first-order valence-electron chi connectivity index (χ1n) is 4.99. The fraction of sp³-hybridized carbons (Fsp3) is 1.00. The fourth-order valence-electron chi connectivity index (χ4n) is 1.33. The van der Waals surface area contributed by atoms with Crippen molar-refractivity contribution in [1.82, 2.24) is 10.4 Å². The van der Waals surface area contributed by atoms with Gasteiger partial charge in [0.15, 0.2) is 0 Å². The molecule has 0 spiro atoms. The van der Waals surface area contributed by atoms with Gasteiger partial charge in [0.05, 0.1) is 0 Å². The maximum atomic E-state index is 5.30. The summed E-state index contributed by atoms with van der Waals surface area (Å²) in [6.45, 7) is 6.13. The Kier molecular flexibility index (Phi) is 5.32. The molecule has 1 fully saturated rings. The van der Waals surface area contributed by atoms with Gasteiger partial charge in [-0.15, -0.1) is 0 Å². The van der Waals surface area contributed by atoms with Gasteiger partial charge in [0, 0.05) is 19.7 Å². The molecule has 0 atom stereocenters. The van der Waals surface area contributed by atoms with Crippen molar-refractivity contribution in [2.45, 2.75) is 32.6 Å². The van der Waals surface area contributed by atoms with Gasteiger partial charge in [0.2, 0.25) is 0 Å². The lowest BCUT2D eigenvalue weighted by atomic mass is 10.2. The second-order valence-electron chi connectivity index (χ2n) is 3.27. The highest BCUT2D eigenvalue weighted by Crippen LogP contribution is 1.98. The maximum absolute atomic E-state index is 5.30. The predicted molar refractivity (Wildman–Crippen MR) is 49.7 cm³/mol. The monoisotopic (exact) mass is 172 g/mol. The topological polar surface area (TPSA) is 24.5 Å². The Labute approximate surface area is 75.0 Å². The Morgan fingerprint density at radius 1 is 1.42 bits per heavy atom. The Hall–Kier alpha value is -0.120. The summed E-state index contributed by atoms with van der Waals surface area (Å²) in [6, 6.07) is 0. The van der Waals surface area contributed by atoms with E-state index in [9.17, 15) is 0 Å². The lowest BCUT2D eigenvalue weighted by Gasteiger charge is -2.26. The van der Waals surface area contributed by atoms with E-state index >= 15 is 0 Å². The van der Waals surface area contributed by atoms with E-state index < -0.39 is 0 Å². The molecule has 1 aliphatic heterocycles. The zero-order chi connectivity index (χ0) is 8.65. The maximum Gasteiger partial charge on any atom is 0.112 e. The quantitative estimate of drug-likeness (QED) is 0.634. The number of hydrogen-bond donors (Lipinski definition) is 1. The molecule has 0 aromatic rings. The van der Waals surface area contributed by atoms with Crippen LogP contribution in [0.3, 0.4) is 0 Å². The molecule has 1 saturated heterocycles. The van der Waals surface area contributed by atoms with E-state index in [0.29, 0.717) is 0 Å². The number of nitrogens with one attached hydrogen (secondary N) is 1. The average Bonchev–Trinajstić information content (AvgIpc) is 2.14. The highest BCUT2D eigenvalue weighted by Gasteiger charge is 2.07. The molecule has 1 N–H and O–H groups in total. The largest absolute Gasteiger partial charge is 0.365 e. The van der Waals surface area contributed by atoms with Crippen LogP contribution in [0.15, 0.2) is 0 Å². The molecule has 0 aromatic heterocycles.